The molecule has 1 atom stereocenters. The summed E-state index contributed by atoms with van der Waals surface area (Å²) in [5, 5.41) is 24.4. The molecule has 0 aromatic heterocycles. The number of aliphatic carboxylic acids is 1. The molecule has 3 N–H and O–H groups in total. The third-order valence-corrected chi connectivity index (χ3v) is 1.35. The first kappa shape index (κ1) is 17.0. The van der Waals surface area contributed by atoms with E-state index in [1.807, 2.05) is 0 Å². The summed E-state index contributed by atoms with van der Waals surface area (Å²) in [7, 11) is 1.00. The quantitative estimate of drug-likeness (QED) is 0.721. The Kier molecular flexibility index (Phi) is 12.4. The first-order valence-corrected chi connectivity index (χ1v) is 5.04. The molecule has 92 valence electrons. The van der Waals surface area contributed by atoms with Crippen LogP contribution in [0.5, 0.6) is 0 Å². The van der Waals surface area contributed by atoms with E-state index in [-0.39, 0.29) is 0 Å². The molecule has 4 nitrogen and oxygen atoms in total. The lowest BCUT2D eigenvalue weighted by molar-refractivity contribution is -0.146. The Hall–Kier alpha value is -1.39. The van der Waals surface area contributed by atoms with Gasteiger partial charge in [-0.05, 0) is 5.56 Å². The Labute approximate surface area is 96.2 Å². The van der Waals surface area contributed by atoms with Crippen LogP contribution in [-0.2, 0) is 4.79 Å². The lowest BCUT2D eigenvalue weighted by Crippen LogP contribution is -2.09. The molecule has 16 heavy (non-hydrogen) atoms. The van der Waals surface area contributed by atoms with Gasteiger partial charge in [-0.1, -0.05) is 50.6 Å². The van der Waals surface area contributed by atoms with Gasteiger partial charge in [-0.3, -0.25) is 0 Å². The van der Waals surface area contributed by atoms with E-state index < -0.39 is 12.1 Å². The zero-order valence-electron chi connectivity index (χ0n) is 9.92. The SMILES string of the molecule is CCC.CO.O=C(O)C(O)c1ccccc1. The summed E-state index contributed by atoms with van der Waals surface area (Å²) in [5.74, 6) is -1.23. The van der Waals surface area contributed by atoms with Gasteiger partial charge in [0.1, 0.15) is 0 Å². The third kappa shape index (κ3) is 7.96. The molecule has 0 bridgehead atoms. The predicted molar refractivity (Wildman–Crippen MR) is 63.1 cm³/mol. The van der Waals surface area contributed by atoms with Crippen LogP contribution in [0.1, 0.15) is 31.9 Å². The molecule has 0 aliphatic rings. The summed E-state index contributed by atoms with van der Waals surface area (Å²) >= 11 is 0. The van der Waals surface area contributed by atoms with E-state index in [1.165, 1.54) is 6.42 Å². The van der Waals surface area contributed by atoms with E-state index in [1.54, 1.807) is 30.3 Å². The summed E-state index contributed by atoms with van der Waals surface area (Å²) in [4.78, 5) is 10.2. The maximum absolute atomic E-state index is 10.2. The maximum Gasteiger partial charge on any atom is 0.337 e. The summed E-state index contributed by atoms with van der Waals surface area (Å²) in [5.41, 5.74) is 0.403. The number of aliphatic hydroxyl groups is 2. The molecular formula is C12H20O4. The van der Waals surface area contributed by atoms with E-state index in [0.717, 1.165) is 7.11 Å². The lowest BCUT2D eigenvalue weighted by atomic mass is 10.1. The van der Waals surface area contributed by atoms with Crippen LogP contribution in [0.15, 0.2) is 30.3 Å². The van der Waals surface area contributed by atoms with Gasteiger partial charge in [-0.25, -0.2) is 4.79 Å². The molecule has 1 aromatic carbocycles. The minimum absolute atomic E-state index is 0.403. The van der Waals surface area contributed by atoms with Crippen LogP contribution in [0.3, 0.4) is 0 Å². The van der Waals surface area contributed by atoms with Crippen LogP contribution in [0.4, 0.5) is 0 Å². The van der Waals surface area contributed by atoms with Crippen LogP contribution < -0.4 is 0 Å². The molecule has 1 rings (SSSR count). The number of carboxylic acids is 1. The average Bonchev–Trinajstić information content (AvgIpc) is 2.33. The summed E-state index contributed by atoms with van der Waals surface area (Å²) in [6.45, 7) is 4.25. The molecule has 0 amide bonds. The highest BCUT2D eigenvalue weighted by Gasteiger charge is 2.14. The maximum atomic E-state index is 10.2. The van der Waals surface area contributed by atoms with E-state index >= 15 is 0 Å². The molecule has 0 fully saturated rings. The number of rotatable bonds is 2. The zero-order chi connectivity index (χ0) is 13.0. The highest BCUT2D eigenvalue weighted by atomic mass is 16.4. The number of aliphatic hydroxyl groups excluding tert-OH is 2. The number of hydrogen-bond donors (Lipinski definition) is 3. The fraction of sp³-hybridized carbons (Fsp3) is 0.417. The first-order chi connectivity index (χ1) is 7.63. The van der Waals surface area contributed by atoms with Crippen molar-refractivity contribution in [1.82, 2.24) is 0 Å². The number of benzene rings is 1. The standard InChI is InChI=1S/C8H8O3.C3H8.CH4O/c9-7(8(10)11)6-4-2-1-3-5-6;1-3-2;1-2/h1-5,7,9H,(H,10,11);3H2,1-2H3;2H,1H3. The van der Waals surface area contributed by atoms with Gasteiger partial charge in [0.05, 0.1) is 0 Å². The fourth-order valence-corrected chi connectivity index (χ4v) is 0.778. The van der Waals surface area contributed by atoms with E-state index in [2.05, 4.69) is 13.8 Å². The van der Waals surface area contributed by atoms with E-state index in [0.29, 0.717) is 5.56 Å². The molecule has 0 saturated carbocycles. The molecule has 4 heteroatoms. The van der Waals surface area contributed by atoms with Gasteiger partial charge in [-0.2, -0.15) is 0 Å². The molecule has 0 aliphatic heterocycles. The monoisotopic (exact) mass is 228 g/mol. The zero-order valence-corrected chi connectivity index (χ0v) is 9.92. The predicted octanol–water partition coefficient (Wildman–Crippen LogP) is 1.83. The van der Waals surface area contributed by atoms with Crippen LogP contribution >= 0.6 is 0 Å². The van der Waals surface area contributed by atoms with Crippen molar-refractivity contribution in [2.24, 2.45) is 0 Å². The molecule has 0 radical (unpaired) electrons. The van der Waals surface area contributed by atoms with Crippen molar-refractivity contribution >= 4 is 5.97 Å². The van der Waals surface area contributed by atoms with Crippen molar-refractivity contribution in [2.45, 2.75) is 26.4 Å². The van der Waals surface area contributed by atoms with Crippen LogP contribution in [0.25, 0.3) is 0 Å². The Morgan fingerprint density at radius 1 is 1.19 bits per heavy atom. The highest BCUT2D eigenvalue weighted by Crippen LogP contribution is 2.10. The molecule has 0 saturated heterocycles. The van der Waals surface area contributed by atoms with Crippen molar-refractivity contribution < 1.29 is 20.1 Å². The topological polar surface area (TPSA) is 77.8 Å². The Balaban J connectivity index is 0. The lowest BCUT2D eigenvalue weighted by Gasteiger charge is -2.03. The van der Waals surface area contributed by atoms with Gasteiger partial charge in [0.2, 0.25) is 0 Å². The molecular weight excluding hydrogens is 208 g/mol. The van der Waals surface area contributed by atoms with Crippen LogP contribution in [-0.4, -0.2) is 28.4 Å². The Morgan fingerprint density at radius 2 is 1.56 bits per heavy atom. The largest absolute Gasteiger partial charge is 0.479 e. The fourth-order valence-electron chi connectivity index (χ4n) is 0.778. The normalized spacial score (nSPS) is 10.1. The summed E-state index contributed by atoms with van der Waals surface area (Å²) in [6, 6.07) is 8.26. The second kappa shape index (κ2) is 11.7. The minimum atomic E-state index is -1.41. The van der Waals surface area contributed by atoms with Crippen molar-refractivity contribution in [1.29, 1.82) is 0 Å². The molecule has 0 heterocycles. The second-order valence-electron chi connectivity index (χ2n) is 2.86. The van der Waals surface area contributed by atoms with Gasteiger partial charge in [0.25, 0.3) is 0 Å². The van der Waals surface area contributed by atoms with Crippen LogP contribution in [0.2, 0.25) is 0 Å². The Morgan fingerprint density at radius 3 is 1.88 bits per heavy atom. The summed E-state index contributed by atoms with van der Waals surface area (Å²) < 4.78 is 0. The highest BCUT2D eigenvalue weighted by molar-refractivity contribution is 5.73. The molecule has 0 aliphatic carbocycles. The molecule has 0 spiro atoms. The van der Waals surface area contributed by atoms with E-state index in [9.17, 15) is 4.79 Å². The number of carboxylic acid groups (broad SMARTS) is 1. The summed E-state index contributed by atoms with van der Waals surface area (Å²) in [6.07, 6.45) is -0.156. The smallest absolute Gasteiger partial charge is 0.337 e. The van der Waals surface area contributed by atoms with Crippen molar-refractivity contribution in [2.75, 3.05) is 7.11 Å². The number of carbonyl (C=O) groups is 1. The van der Waals surface area contributed by atoms with Crippen LogP contribution in [0, 0.1) is 0 Å². The van der Waals surface area contributed by atoms with E-state index in [4.69, 9.17) is 15.3 Å². The van der Waals surface area contributed by atoms with Crippen molar-refractivity contribution in [3.05, 3.63) is 35.9 Å². The first-order valence-electron chi connectivity index (χ1n) is 5.04. The van der Waals surface area contributed by atoms with Crippen molar-refractivity contribution in [3.63, 3.8) is 0 Å². The molecule has 1 unspecified atom stereocenters. The van der Waals surface area contributed by atoms with Crippen molar-refractivity contribution in [3.8, 4) is 0 Å². The van der Waals surface area contributed by atoms with Gasteiger partial charge in [0.15, 0.2) is 6.10 Å². The van der Waals surface area contributed by atoms with Gasteiger partial charge in [0, 0.05) is 7.11 Å². The average molecular weight is 228 g/mol. The van der Waals surface area contributed by atoms with Gasteiger partial charge in [-0.15, -0.1) is 0 Å². The number of hydrogen-bond acceptors (Lipinski definition) is 3. The minimum Gasteiger partial charge on any atom is -0.479 e. The van der Waals surface area contributed by atoms with Gasteiger partial charge < -0.3 is 15.3 Å². The second-order valence-corrected chi connectivity index (χ2v) is 2.86. The molecule has 1 aromatic rings. The third-order valence-electron chi connectivity index (χ3n) is 1.35. The van der Waals surface area contributed by atoms with Gasteiger partial charge >= 0.3 is 5.97 Å². The Bertz CT molecular complexity index is 259.